The van der Waals surface area contributed by atoms with E-state index in [-0.39, 0.29) is 23.7 Å². The van der Waals surface area contributed by atoms with Gasteiger partial charge in [-0.25, -0.2) is 4.79 Å². The van der Waals surface area contributed by atoms with Crippen molar-refractivity contribution in [2.75, 3.05) is 34.3 Å². The minimum atomic E-state index is -1.05. The quantitative estimate of drug-likeness (QED) is 0.631. The molecule has 1 spiro atoms. The fourth-order valence-electron chi connectivity index (χ4n) is 5.71. The summed E-state index contributed by atoms with van der Waals surface area (Å²) in [5.74, 6) is 0.795. The lowest BCUT2D eigenvalue weighted by Crippen LogP contribution is -2.57. The van der Waals surface area contributed by atoms with Crippen LogP contribution in [-0.4, -0.2) is 71.9 Å². The summed E-state index contributed by atoms with van der Waals surface area (Å²) in [6.45, 7) is 1.32. The van der Waals surface area contributed by atoms with Crippen LogP contribution in [0.25, 0.3) is 0 Å². The van der Waals surface area contributed by atoms with Crippen LogP contribution >= 0.6 is 0 Å². The van der Waals surface area contributed by atoms with Gasteiger partial charge in [0.2, 0.25) is 0 Å². The van der Waals surface area contributed by atoms with E-state index < -0.39 is 6.23 Å². The molecule has 2 aromatic rings. The molecule has 2 aromatic carbocycles. The Balaban J connectivity index is 1.57. The van der Waals surface area contributed by atoms with E-state index in [0.29, 0.717) is 13.1 Å². The summed E-state index contributed by atoms with van der Waals surface area (Å²) in [4.78, 5) is 19.5. The zero-order chi connectivity index (χ0) is 23.6. The monoisotopic (exact) mass is 452 g/mol. The minimum Gasteiger partial charge on any atom is -0.497 e. The molecule has 1 aliphatic heterocycles. The molecule has 0 bridgehead atoms. The molecule has 1 atom stereocenters. The van der Waals surface area contributed by atoms with Gasteiger partial charge in [0.05, 0.1) is 19.2 Å². The number of β-amino-alcohol motifs (C(OH)–C–C–N with tert-alkyl or cyclic N) is 1. The predicted octanol–water partition coefficient (Wildman–Crippen LogP) is 2.98. The Kier molecular flexibility index (Phi) is 6.66. The number of urea groups is 1. The molecular formula is C26H36N4O3. The van der Waals surface area contributed by atoms with Crippen LogP contribution in [0.4, 0.5) is 4.79 Å². The third kappa shape index (κ3) is 4.45. The number of nitrogens with two attached hydrogens (primary N) is 1. The molecule has 7 nitrogen and oxygen atoms in total. The maximum atomic E-state index is 13.5. The van der Waals surface area contributed by atoms with Gasteiger partial charge in [0.1, 0.15) is 12.0 Å². The topological polar surface area (TPSA) is 82.3 Å². The van der Waals surface area contributed by atoms with E-state index in [1.807, 2.05) is 40.1 Å². The zero-order valence-electron chi connectivity index (χ0n) is 19.9. The van der Waals surface area contributed by atoms with Crippen molar-refractivity contribution in [2.45, 2.75) is 49.5 Å². The van der Waals surface area contributed by atoms with Crippen LogP contribution in [0.3, 0.4) is 0 Å². The Morgan fingerprint density at radius 3 is 2.24 bits per heavy atom. The maximum absolute atomic E-state index is 13.5. The molecule has 3 N–H and O–H groups in total. The van der Waals surface area contributed by atoms with Crippen molar-refractivity contribution < 1.29 is 14.6 Å². The van der Waals surface area contributed by atoms with Crippen molar-refractivity contribution in [3.8, 4) is 5.75 Å². The van der Waals surface area contributed by atoms with Gasteiger partial charge in [0, 0.05) is 18.6 Å². The van der Waals surface area contributed by atoms with E-state index in [1.54, 1.807) is 7.11 Å². The van der Waals surface area contributed by atoms with Crippen molar-refractivity contribution in [2.24, 2.45) is 5.73 Å². The van der Waals surface area contributed by atoms with Gasteiger partial charge < -0.3 is 25.4 Å². The SMILES string of the molecule is COc1ccc(CN2CC3(CCC(c4ccccc4)(N(C)C)CC3)N(CC(N)O)C2=O)cc1. The van der Waals surface area contributed by atoms with Crippen LogP contribution < -0.4 is 10.5 Å². The molecule has 2 aliphatic rings. The molecule has 7 heteroatoms. The number of amides is 2. The summed E-state index contributed by atoms with van der Waals surface area (Å²) in [6.07, 6.45) is 2.53. The van der Waals surface area contributed by atoms with Gasteiger partial charge in [-0.3, -0.25) is 4.90 Å². The van der Waals surface area contributed by atoms with Crippen molar-refractivity contribution in [1.29, 1.82) is 0 Å². The fourth-order valence-corrected chi connectivity index (χ4v) is 5.71. The summed E-state index contributed by atoms with van der Waals surface area (Å²) >= 11 is 0. The lowest BCUT2D eigenvalue weighted by Gasteiger charge is -2.51. The standard InChI is InChI=1S/C26H36N4O3/c1-28(2)26(21-7-5-4-6-8-21)15-13-25(14-16-26)19-29(24(32)30(25)18-23(27)31)17-20-9-11-22(33-3)12-10-20/h4-12,23,31H,13-19,27H2,1-3H3. The first-order chi connectivity index (χ1) is 15.8. The van der Waals surface area contributed by atoms with E-state index in [1.165, 1.54) is 5.56 Å². The molecule has 1 heterocycles. The maximum Gasteiger partial charge on any atom is 0.321 e. The number of methoxy groups -OCH3 is 1. The van der Waals surface area contributed by atoms with E-state index in [4.69, 9.17) is 10.5 Å². The zero-order valence-corrected chi connectivity index (χ0v) is 19.9. The third-order valence-corrected chi connectivity index (χ3v) is 7.64. The molecule has 2 fully saturated rings. The van der Waals surface area contributed by atoms with Crippen LogP contribution in [0.2, 0.25) is 0 Å². The number of aliphatic hydroxyl groups excluding tert-OH is 1. The molecule has 1 saturated carbocycles. The molecule has 1 unspecified atom stereocenters. The molecule has 1 aliphatic carbocycles. The number of hydrogen-bond donors (Lipinski definition) is 2. The number of benzene rings is 2. The molecule has 2 amide bonds. The minimum absolute atomic E-state index is 0.0487. The summed E-state index contributed by atoms with van der Waals surface area (Å²) in [7, 11) is 5.93. The van der Waals surface area contributed by atoms with Crippen molar-refractivity contribution in [1.82, 2.24) is 14.7 Å². The molecule has 1 saturated heterocycles. The van der Waals surface area contributed by atoms with Crippen molar-refractivity contribution in [3.63, 3.8) is 0 Å². The van der Waals surface area contributed by atoms with Crippen molar-refractivity contribution >= 4 is 6.03 Å². The van der Waals surface area contributed by atoms with Crippen molar-refractivity contribution in [3.05, 3.63) is 65.7 Å². The fraction of sp³-hybridized carbons (Fsp3) is 0.500. The highest BCUT2D eigenvalue weighted by atomic mass is 16.5. The number of nitrogens with zero attached hydrogens (tertiary/aromatic N) is 3. The Bertz CT molecular complexity index is 938. The highest BCUT2D eigenvalue weighted by Gasteiger charge is 2.54. The van der Waals surface area contributed by atoms with Crippen LogP contribution in [0, 0.1) is 0 Å². The van der Waals surface area contributed by atoms with Gasteiger partial charge in [-0.15, -0.1) is 0 Å². The van der Waals surface area contributed by atoms with Crippen LogP contribution in [-0.2, 0) is 12.1 Å². The number of hydrogen-bond acceptors (Lipinski definition) is 5. The molecule has 33 heavy (non-hydrogen) atoms. The smallest absolute Gasteiger partial charge is 0.321 e. The lowest BCUT2D eigenvalue weighted by molar-refractivity contribution is 0.0104. The molecule has 0 aromatic heterocycles. The summed E-state index contributed by atoms with van der Waals surface area (Å²) in [5.41, 5.74) is 7.75. The number of carbonyl (C=O) groups is 1. The first-order valence-electron chi connectivity index (χ1n) is 11.7. The number of ether oxygens (including phenoxy) is 1. The normalized spacial score (nSPS) is 26.3. The highest BCUT2D eigenvalue weighted by Crippen LogP contribution is 2.49. The first-order valence-corrected chi connectivity index (χ1v) is 11.7. The van der Waals surface area contributed by atoms with E-state index in [9.17, 15) is 9.90 Å². The van der Waals surface area contributed by atoms with E-state index in [0.717, 1.165) is 37.0 Å². The Morgan fingerprint density at radius 1 is 1.06 bits per heavy atom. The largest absolute Gasteiger partial charge is 0.497 e. The summed E-state index contributed by atoms with van der Waals surface area (Å²) in [6, 6.07) is 18.4. The van der Waals surface area contributed by atoms with Gasteiger partial charge in [0.15, 0.2) is 0 Å². The van der Waals surface area contributed by atoms with Crippen LogP contribution in [0.5, 0.6) is 5.75 Å². The van der Waals surface area contributed by atoms with Crippen LogP contribution in [0.1, 0.15) is 36.8 Å². The third-order valence-electron chi connectivity index (χ3n) is 7.64. The lowest BCUT2D eigenvalue weighted by atomic mass is 9.68. The Hall–Kier alpha value is -2.61. The van der Waals surface area contributed by atoms with Crippen LogP contribution in [0.15, 0.2) is 54.6 Å². The number of aliphatic hydroxyl groups is 1. The van der Waals surface area contributed by atoms with Gasteiger partial charge in [0.25, 0.3) is 0 Å². The van der Waals surface area contributed by atoms with E-state index in [2.05, 4.69) is 43.3 Å². The summed E-state index contributed by atoms with van der Waals surface area (Å²) in [5, 5.41) is 9.99. The van der Waals surface area contributed by atoms with E-state index >= 15 is 0 Å². The average Bonchev–Trinajstić information content (AvgIpc) is 3.05. The highest BCUT2D eigenvalue weighted by molar-refractivity contribution is 5.78. The van der Waals surface area contributed by atoms with Gasteiger partial charge in [-0.05, 0) is 63.0 Å². The molecule has 178 valence electrons. The molecular weight excluding hydrogens is 416 g/mol. The average molecular weight is 453 g/mol. The van der Waals surface area contributed by atoms with Gasteiger partial charge in [-0.2, -0.15) is 0 Å². The number of carbonyl (C=O) groups excluding carboxylic acids is 1. The Labute approximate surface area is 196 Å². The predicted molar refractivity (Wildman–Crippen MR) is 129 cm³/mol. The number of rotatable bonds is 7. The second kappa shape index (κ2) is 9.33. The second-order valence-electron chi connectivity index (χ2n) is 9.68. The summed E-state index contributed by atoms with van der Waals surface area (Å²) < 4.78 is 5.25. The van der Waals surface area contributed by atoms with Gasteiger partial charge >= 0.3 is 6.03 Å². The molecule has 0 radical (unpaired) electrons. The second-order valence-corrected chi connectivity index (χ2v) is 9.68. The molecule has 4 rings (SSSR count). The first kappa shape index (κ1) is 23.5. The van der Waals surface area contributed by atoms with Gasteiger partial charge in [-0.1, -0.05) is 42.5 Å². The Morgan fingerprint density at radius 2 is 1.70 bits per heavy atom.